The Bertz CT molecular complexity index is 1290. The zero-order chi connectivity index (χ0) is 22.1. The number of benzene rings is 1. The van der Waals surface area contributed by atoms with Crippen molar-refractivity contribution < 1.29 is 19.0 Å². The highest BCUT2D eigenvalue weighted by Gasteiger charge is 2.16. The monoisotopic (exact) mass is 458 g/mol. The molecule has 0 saturated heterocycles. The summed E-state index contributed by atoms with van der Waals surface area (Å²) in [5.41, 5.74) is 4.27. The SMILES string of the molecule is COc1cnc2c(-c3nc4c(C)cc(OC[C@@H](C)OC(=O)Cl)nc4s3)cc(C)cc2n1. The summed E-state index contributed by atoms with van der Waals surface area (Å²) in [4.78, 5) is 30.0. The summed E-state index contributed by atoms with van der Waals surface area (Å²) in [7, 11) is 1.56. The number of hydrogen-bond donors (Lipinski definition) is 0. The number of aromatic nitrogens is 4. The first kappa shape index (κ1) is 21.2. The molecule has 1 atom stereocenters. The van der Waals surface area contributed by atoms with E-state index in [1.165, 1.54) is 11.3 Å². The van der Waals surface area contributed by atoms with Gasteiger partial charge in [-0.1, -0.05) is 11.3 Å². The molecule has 0 fully saturated rings. The van der Waals surface area contributed by atoms with Gasteiger partial charge in [0.05, 0.1) is 24.3 Å². The smallest absolute Gasteiger partial charge is 0.404 e. The van der Waals surface area contributed by atoms with Gasteiger partial charge in [0.1, 0.15) is 28.1 Å². The van der Waals surface area contributed by atoms with Crippen molar-refractivity contribution in [3.8, 4) is 22.3 Å². The van der Waals surface area contributed by atoms with Gasteiger partial charge in [-0.3, -0.25) is 0 Å². The van der Waals surface area contributed by atoms with Crippen LogP contribution in [-0.2, 0) is 4.74 Å². The number of rotatable bonds is 6. The molecule has 3 heterocycles. The molecule has 0 radical (unpaired) electrons. The summed E-state index contributed by atoms with van der Waals surface area (Å²) >= 11 is 6.68. The summed E-state index contributed by atoms with van der Waals surface area (Å²) in [6.45, 7) is 5.78. The van der Waals surface area contributed by atoms with Crippen molar-refractivity contribution in [3.63, 3.8) is 0 Å². The Kier molecular flexibility index (Phi) is 5.88. The number of aryl methyl sites for hydroxylation is 2. The van der Waals surface area contributed by atoms with Crippen molar-refractivity contribution in [2.24, 2.45) is 0 Å². The van der Waals surface area contributed by atoms with Crippen LogP contribution in [0.15, 0.2) is 24.4 Å². The van der Waals surface area contributed by atoms with E-state index in [1.54, 1.807) is 26.3 Å². The van der Waals surface area contributed by atoms with E-state index in [2.05, 4.69) is 15.0 Å². The van der Waals surface area contributed by atoms with Gasteiger partial charge in [0.15, 0.2) is 0 Å². The summed E-state index contributed by atoms with van der Waals surface area (Å²) < 4.78 is 15.7. The molecule has 0 bridgehead atoms. The van der Waals surface area contributed by atoms with Crippen molar-refractivity contribution in [2.45, 2.75) is 26.9 Å². The van der Waals surface area contributed by atoms with Crippen molar-refractivity contribution in [1.29, 1.82) is 0 Å². The van der Waals surface area contributed by atoms with Crippen molar-refractivity contribution >= 4 is 49.7 Å². The number of carbonyl (C=O) groups is 1. The first-order valence-electron chi connectivity index (χ1n) is 9.43. The van der Waals surface area contributed by atoms with E-state index in [9.17, 15) is 4.79 Å². The third kappa shape index (κ3) is 4.52. The fourth-order valence-electron chi connectivity index (χ4n) is 3.12. The maximum atomic E-state index is 10.8. The number of hydrogen-bond acceptors (Lipinski definition) is 9. The summed E-state index contributed by atoms with van der Waals surface area (Å²) in [6.07, 6.45) is 1.10. The molecule has 160 valence electrons. The first-order valence-corrected chi connectivity index (χ1v) is 10.6. The topological polar surface area (TPSA) is 96.3 Å². The van der Waals surface area contributed by atoms with Crippen LogP contribution in [0.1, 0.15) is 18.1 Å². The Labute approximate surface area is 187 Å². The Morgan fingerprint density at radius 2 is 1.94 bits per heavy atom. The van der Waals surface area contributed by atoms with Crippen LogP contribution in [0.5, 0.6) is 11.8 Å². The van der Waals surface area contributed by atoms with Gasteiger partial charge in [-0.25, -0.2) is 24.7 Å². The molecular formula is C21H19ClN4O4S. The quantitative estimate of drug-likeness (QED) is 0.369. The van der Waals surface area contributed by atoms with Crippen molar-refractivity contribution in [2.75, 3.05) is 13.7 Å². The number of thiazole rings is 1. The number of halogens is 1. The van der Waals surface area contributed by atoms with Crippen LogP contribution in [-0.4, -0.2) is 45.2 Å². The highest BCUT2D eigenvalue weighted by molar-refractivity contribution is 7.21. The van der Waals surface area contributed by atoms with Crippen LogP contribution < -0.4 is 9.47 Å². The molecule has 0 aliphatic heterocycles. The molecule has 0 spiro atoms. The average Bonchev–Trinajstić information content (AvgIpc) is 3.15. The van der Waals surface area contributed by atoms with Gasteiger partial charge in [0.2, 0.25) is 11.8 Å². The number of pyridine rings is 1. The molecule has 31 heavy (non-hydrogen) atoms. The van der Waals surface area contributed by atoms with Crippen molar-refractivity contribution in [1.82, 2.24) is 19.9 Å². The molecule has 0 unspecified atom stereocenters. The van der Waals surface area contributed by atoms with Crippen LogP contribution in [0.25, 0.3) is 32.0 Å². The van der Waals surface area contributed by atoms with E-state index in [4.69, 9.17) is 30.8 Å². The fraction of sp³-hybridized carbons (Fsp3) is 0.286. The largest absolute Gasteiger partial charge is 0.480 e. The maximum Gasteiger partial charge on any atom is 0.404 e. The Balaban J connectivity index is 1.71. The van der Waals surface area contributed by atoms with E-state index >= 15 is 0 Å². The van der Waals surface area contributed by atoms with E-state index in [0.29, 0.717) is 11.8 Å². The maximum absolute atomic E-state index is 10.8. The highest BCUT2D eigenvalue weighted by Crippen LogP contribution is 2.36. The molecular weight excluding hydrogens is 440 g/mol. The van der Waals surface area contributed by atoms with E-state index in [1.807, 2.05) is 26.0 Å². The number of fused-ring (bicyclic) bond motifs is 2. The summed E-state index contributed by atoms with van der Waals surface area (Å²) in [5, 5.41) is 0.792. The third-order valence-electron chi connectivity index (χ3n) is 4.50. The molecule has 1 aromatic carbocycles. The molecule has 10 heteroatoms. The standard InChI is InChI=1S/C21H19ClN4O4S/c1-10-5-13(18-14(6-10)24-16(28-4)8-23-18)19-26-17-11(2)7-15(25-20(17)31-19)29-9-12(3)30-21(22)27/h5-8,12H,9H2,1-4H3/t12-/m1/s1. The van der Waals surface area contributed by atoms with E-state index in [0.717, 1.165) is 43.1 Å². The van der Waals surface area contributed by atoms with Gasteiger partial charge in [-0.2, -0.15) is 0 Å². The lowest BCUT2D eigenvalue weighted by molar-refractivity contribution is 0.0921. The van der Waals surface area contributed by atoms with E-state index < -0.39 is 11.5 Å². The molecule has 8 nitrogen and oxygen atoms in total. The highest BCUT2D eigenvalue weighted by atomic mass is 35.5. The van der Waals surface area contributed by atoms with E-state index in [-0.39, 0.29) is 6.61 Å². The minimum atomic E-state index is -0.867. The summed E-state index contributed by atoms with van der Waals surface area (Å²) in [5.74, 6) is 0.887. The Hall–Kier alpha value is -3.04. The Morgan fingerprint density at radius 3 is 2.68 bits per heavy atom. The fourth-order valence-corrected chi connectivity index (χ4v) is 4.30. The molecule has 0 N–H and O–H groups in total. The minimum Gasteiger partial charge on any atom is -0.480 e. The number of methoxy groups -OCH3 is 1. The summed E-state index contributed by atoms with van der Waals surface area (Å²) in [6, 6.07) is 5.81. The molecule has 4 aromatic rings. The molecule has 0 aliphatic carbocycles. The second kappa shape index (κ2) is 8.60. The van der Waals surface area contributed by atoms with Crippen LogP contribution in [0.4, 0.5) is 4.79 Å². The normalized spacial score (nSPS) is 12.2. The van der Waals surface area contributed by atoms with Crippen LogP contribution in [0, 0.1) is 13.8 Å². The van der Waals surface area contributed by atoms with Gasteiger partial charge >= 0.3 is 5.43 Å². The van der Waals surface area contributed by atoms with Crippen LogP contribution in [0.2, 0.25) is 0 Å². The predicted molar refractivity (Wildman–Crippen MR) is 119 cm³/mol. The zero-order valence-electron chi connectivity index (χ0n) is 17.3. The first-order chi connectivity index (χ1) is 14.8. The lowest BCUT2D eigenvalue weighted by Crippen LogP contribution is -2.19. The number of nitrogens with zero attached hydrogens (tertiary/aromatic N) is 4. The zero-order valence-corrected chi connectivity index (χ0v) is 18.9. The van der Waals surface area contributed by atoms with Gasteiger partial charge in [-0.05, 0) is 44.0 Å². The number of ether oxygens (including phenoxy) is 3. The van der Waals surface area contributed by atoms with Gasteiger partial charge in [-0.15, -0.1) is 0 Å². The minimum absolute atomic E-state index is 0.141. The molecule has 4 rings (SSSR count). The average molecular weight is 459 g/mol. The molecule has 0 aliphatic rings. The lowest BCUT2D eigenvalue weighted by Gasteiger charge is -2.12. The van der Waals surface area contributed by atoms with Crippen molar-refractivity contribution in [3.05, 3.63) is 35.5 Å². The predicted octanol–water partition coefficient (Wildman–Crippen LogP) is 5.07. The lowest BCUT2D eigenvalue weighted by atomic mass is 10.1. The second-order valence-corrected chi connectivity index (χ2v) is 8.31. The van der Waals surface area contributed by atoms with Crippen LogP contribution in [0.3, 0.4) is 0 Å². The van der Waals surface area contributed by atoms with Crippen LogP contribution >= 0.6 is 22.9 Å². The second-order valence-electron chi connectivity index (χ2n) is 7.02. The molecule has 0 amide bonds. The third-order valence-corrected chi connectivity index (χ3v) is 5.57. The van der Waals surface area contributed by atoms with Gasteiger partial charge in [0.25, 0.3) is 0 Å². The molecule has 0 saturated carbocycles. The number of carbonyl (C=O) groups excluding carboxylic acids is 1. The Morgan fingerprint density at radius 1 is 1.13 bits per heavy atom. The van der Waals surface area contributed by atoms with Gasteiger partial charge < -0.3 is 14.2 Å². The van der Waals surface area contributed by atoms with Gasteiger partial charge in [0, 0.05) is 23.2 Å². The molecule has 3 aromatic heterocycles.